The molecule has 4 saturated carbocycles. The van der Waals surface area contributed by atoms with Crippen molar-refractivity contribution in [2.75, 3.05) is 6.54 Å². The molecule has 6 nitrogen and oxygen atoms in total. The summed E-state index contributed by atoms with van der Waals surface area (Å²) >= 11 is 0. The molecule has 4 fully saturated rings. The standard InChI is InChI=1S/C47H79NO5/c1-5-6-7-8-9-10-11-12-13-14-15-16-17-18-19-20-21-22-23-45(52)53-38-30-32-46(3)37(34-38)25-26-39-41-28-27-40(47(41,4)33-31-42(39)46)36(2)24-29-43(49)48-35-44(50)51/h10-11,13-14,36-42H,5-9,12,15-35H2,1-4H3,(H,48,49)(H,50,51)/b11-10-,14-13-. The summed E-state index contributed by atoms with van der Waals surface area (Å²) in [7, 11) is 0. The Labute approximate surface area is 324 Å². The van der Waals surface area contributed by atoms with Crippen molar-refractivity contribution in [1.29, 1.82) is 0 Å². The van der Waals surface area contributed by atoms with E-state index in [0.717, 1.165) is 56.3 Å². The summed E-state index contributed by atoms with van der Waals surface area (Å²) in [6.07, 6.45) is 39.7. The number of nitrogens with one attached hydrogen (secondary N) is 1. The summed E-state index contributed by atoms with van der Waals surface area (Å²) in [4.78, 5) is 35.9. The lowest BCUT2D eigenvalue weighted by atomic mass is 9.44. The first kappa shape index (κ1) is 43.6. The highest BCUT2D eigenvalue weighted by Gasteiger charge is 2.60. The minimum Gasteiger partial charge on any atom is -0.480 e. The maximum Gasteiger partial charge on any atom is 0.322 e. The van der Waals surface area contributed by atoms with Crippen molar-refractivity contribution in [3.63, 3.8) is 0 Å². The van der Waals surface area contributed by atoms with Gasteiger partial charge in [-0.05, 0) is 149 Å². The van der Waals surface area contributed by atoms with E-state index in [9.17, 15) is 14.4 Å². The van der Waals surface area contributed by atoms with Crippen LogP contribution in [0.1, 0.15) is 195 Å². The van der Waals surface area contributed by atoms with Crippen molar-refractivity contribution in [1.82, 2.24) is 5.32 Å². The van der Waals surface area contributed by atoms with E-state index < -0.39 is 5.97 Å². The van der Waals surface area contributed by atoms with E-state index in [2.05, 4.69) is 57.3 Å². The number of hydrogen-bond acceptors (Lipinski definition) is 4. The maximum atomic E-state index is 12.9. The van der Waals surface area contributed by atoms with Gasteiger partial charge in [-0.15, -0.1) is 0 Å². The molecule has 0 aromatic rings. The molecule has 2 N–H and O–H groups in total. The Morgan fingerprint density at radius 1 is 0.755 bits per heavy atom. The molecule has 1 amide bonds. The van der Waals surface area contributed by atoms with E-state index in [1.165, 1.54) is 116 Å². The predicted octanol–water partition coefficient (Wildman–Crippen LogP) is 12.2. The van der Waals surface area contributed by atoms with E-state index >= 15 is 0 Å². The Morgan fingerprint density at radius 3 is 2.09 bits per heavy atom. The summed E-state index contributed by atoms with van der Waals surface area (Å²) in [5, 5.41) is 11.4. The second-order valence-electron chi connectivity index (χ2n) is 18.5. The number of carbonyl (C=O) groups excluding carboxylic acids is 2. The number of allylic oxidation sites excluding steroid dienone is 4. The summed E-state index contributed by atoms with van der Waals surface area (Å²) in [5.41, 5.74) is 0.704. The number of rotatable bonds is 24. The highest BCUT2D eigenvalue weighted by molar-refractivity contribution is 5.81. The summed E-state index contributed by atoms with van der Waals surface area (Å²) < 4.78 is 6.14. The molecule has 6 heteroatoms. The summed E-state index contributed by atoms with van der Waals surface area (Å²) in [6.45, 7) is 9.45. The molecule has 9 unspecified atom stereocenters. The molecule has 0 aromatic carbocycles. The molecule has 0 heterocycles. The van der Waals surface area contributed by atoms with E-state index in [-0.39, 0.29) is 24.5 Å². The summed E-state index contributed by atoms with van der Waals surface area (Å²) in [5.74, 6) is 3.02. The molecule has 0 aliphatic heterocycles. The molecule has 9 atom stereocenters. The van der Waals surface area contributed by atoms with Crippen LogP contribution >= 0.6 is 0 Å². The quantitative estimate of drug-likeness (QED) is 0.0584. The van der Waals surface area contributed by atoms with Gasteiger partial charge in [-0.2, -0.15) is 0 Å². The van der Waals surface area contributed by atoms with Crippen LogP contribution in [0.15, 0.2) is 24.3 Å². The normalized spacial score (nSPS) is 31.5. The minimum atomic E-state index is -0.990. The van der Waals surface area contributed by atoms with Gasteiger partial charge in [0.2, 0.25) is 5.91 Å². The predicted molar refractivity (Wildman–Crippen MR) is 217 cm³/mol. The van der Waals surface area contributed by atoms with Crippen LogP contribution in [-0.4, -0.2) is 35.6 Å². The van der Waals surface area contributed by atoms with Crippen molar-refractivity contribution < 1.29 is 24.2 Å². The van der Waals surface area contributed by atoms with Gasteiger partial charge in [0.25, 0.3) is 0 Å². The van der Waals surface area contributed by atoms with E-state index in [4.69, 9.17) is 9.84 Å². The highest BCUT2D eigenvalue weighted by Crippen LogP contribution is 2.68. The number of amides is 1. The fraction of sp³-hybridized carbons (Fsp3) is 0.851. The van der Waals surface area contributed by atoms with Crippen molar-refractivity contribution in [3.8, 4) is 0 Å². The molecule has 53 heavy (non-hydrogen) atoms. The molecule has 0 aromatic heterocycles. The Hall–Kier alpha value is -2.11. The number of carboxylic acid groups (broad SMARTS) is 1. The van der Waals surface area contributed by atoms with Gasteiger partial charge in [-0.25, -0.2) is 0 Å². The second-order valence-corrected chi connectivity index (χ2v) is 18.5. The first-order valence-corrected chi connectivity index (χ1v) is 22.6. The van der Waals surface area contributed by atoms with Gasteiger partial charge in [0.15, 0.2) is 0 Å². The molecule has 4 aliphatic carbocycles. The van der Waals surface area contributed by atoms with Crippen LogP contribution in [0.4, 0.5) is 0 Å². The van der Waals surface area contributed by atoms with Crippen LogP contribution in [0, 0.1) is 46.3 Å². The Morgan fingerprint density at radius 2 is 1.40 bits per heavy atom. The zero-order valence-corrected chi connectivity index (χ0v) is 34.5. The lowest BCUT2D eigenvalue weighted by Crippen LogP contribution is -2.54. The van der Waals surface area contributed by atoms with Crippen LogP contribution in [0.5, 0.6) is 0 Å². The fourth-order valence-electron chi connectivity index (χ4n) is 12.0. The van der Waals surface area contributed by atoms with Gasteiger partial charge < -0.3 is 15.2 Å². The lowest BCUT2D eigenvalue weighted by molar-refractivity contribution is -0.162. The van der Waals surface area contributed by atoms with Gasteiger partial charge in [-0.1, -0.05) is 103 Å². The first-order chi connectivity index (χ1) is 25.6. The monoisotopic (exact) mass is 738 g/mol. The van der Waals surface area contributed by atoms with Crippen molar-refractivity contribution in [2.45, 2.75) is 201 Å². The molecular weight excluding hydrogens is 659 g/mol. The van der Waals surface area contributed by atoms with Crippen molar-refractivity contribution >= 4 is 17.8 Å². The van der Waals surface area contributed by atoms with Crippen LogP contribution < -0.4 is 5.32 Å². The SMILES string of the molecule is CCCCCC/C=C\C/C=C\CCCCCCCCCC(=O)OC1CCC2(C)C(CCC3C2CCC2(C)C(C(C)CCC(=O)NCC(=O)O)CCC32)C1. The fourth-order valence-corrected chi connectivity index (χ4v) is 12.0. The van der Waals surface area contributed by atoms with E-state index in [0.29, 0.717) is 41.4 Å². The molecular formula is C47H79NO5. The number of esters is 1. The highest BCUT2D eigenvalue weighted by atomic mass is 16.5. The number of carboxylic acids is 1. The number of fused-ring (bicyclic) bond motifs is 5. The molecule has 0 spiro atoms. The maximum absolute atomic E-state index is 12.9. The molecule has 0 radical (unpaired) electrons. The molecule has 0 saturated heterocycles. The third-order valence-corrected chi connectivity index (χ3v) is 15.0. The topological polar surface area (TPSA) is 92.7 Å². The van der Waals surface area contributed by atoms with Crippen LogP contribution in [0.3, 0.4) is 0 Å². The van der Waals surface area contributed by atoms with E-state index in [1.807, 2.05) is 0 Å². The van der Waals surface area contributed by atoms with Crippen LogP contribution in [0.2, 0.25) is 0 Å². The average Bonchev–Trinajstić information content (AvgIpc) is 3.50. The minimum absolute atomic E-state index is 0.0318. The lowest BCUT2D eigenvalue weighted by Gasteiger charge is -2.61. The number of carbonyl (C=O) groups is 3. The molecule has 302 valence electrons. The number of hydrogen-bond donors (Lipinski definition) is 2. The Kier molecular flexibility index (Phi) is 18.5. The zero-order valence-electron chi connectivity index (χ0n) is 34.5. The third kappa shape index (κ3) is 13.0. The largest absolute Gasteiger partial charge is 0.480 e. The molecule has 0 bridgehead atoms. The average molecular weight is 738 g/mol. The smallest absolute Gasteiger partial charge is 0.322 e. The second kappa shape index (κ2) is 22.4. The zero-order chi connectivity index (χ0) is 38.1. The molecule has 4 rings (SSSR count). The number of aliphatic carboxylic acids is 1. The van der Waals surface area contributed by atoms with Gasteiger partial charge in [0, 0.05) is 12.8 Å². The first-order valence-electron chi connectivity index (χ1n) is 22.6. The number of unbranched alkanes of at least 4 members (excludes halogenated alkanes) is 11. The number of ether oxygens (including phenoxy) is 1. The molecule has 4 aliphatic rings. The van der Waals surface area contributed by atoms with Gasteiger partial charge in [0.1, 0.15) is 12.6 Å². The van der Waals surface area contributed by atoms with Crippen molar-refractivity contribution in [3.05, 3.63) is 24.3 Å². The van der Waals surface area contributed by atoms with E-state index in [1.54, 1.807) is 0 Å². The Bertz CT molecular complexity index is 1180. The van der Waals surface area contributed by atoms with Gasteiger partial charge in [0.05, 0.1) is 0 Å². The van der Waals surface area contributed by atoms with Crippen LogP contribution in [-0.2, 0) is 19.1 Å². The van der Waals surface area contributed by atoms with Crippen LogP contribution in [0.25, 0.3) is 0 Å². The summed E-state index contributed by atoms with van der Waals surface area (Å²) in [6, 6.07) is 0. The van der Waals surface area contributed by atoms with Gasteiger partial charge >= 0.3 is 11.9 Å². The van der Waals surface area contributed by atoms with Gasteiger partial charge in [-0.3, -0.25) is 14.4 Å². The van der Waals surface area contributed by atoms with Crippen molar-refractivity contribution in [2.24, 2.45) is 46.3 Å². The Balaban J connectivity index is 1.07. The third-order valence-electron chi connectivity index (χ3n) is 15.0.